The van der Waals surface area contributed by atoms with Gasteiger partial charge in [-0.1, -0.05) is 65.4 Å². The van der Waals surface area contributed by atoms with Crippen molar-refractivity contribution in [2.75, 3.05) is 43.4 Å². The van der Waals surface area contributed by atoms with Crippen molar-refractivity contribution in [2.45, 2.75) is 32.0 Å². The summed E-state index contributed by atoms with van der Waals surface area (Å²) in [5.74, 6) is -1.54. The molecule has 2 aliphatic rings. The number of benzene rings is 3. The molecule has 7 rings (SSSR count). The van der Waals surface area contributed by atoms with Crippen LogP contribution in [0.5, 0.6) is 0 Å². The van der Waals surface area contributed by atoms with Crippen molar-refractivity contribution in [2.24, 2.45) is 0 Å². The van der Waals surface area contributed by atoms with Crippen molar-refractivity contribution in [3.05, 3.63) is 110 Å². The molecule has 1 aliphatic carbocycles. The Morgan fingerprint density at radius 1 is 0.860 bits per heavy atom. The lowest BCUT2D eigenvalue weighted by Gasteiger charge is -2.34. The summed E-state index contributed by atoms with van der Waals surface area (Å²) in [6, 6.07) is 19.9. The molecule has 0 unspecified atom stereocenters. The van der Waals surface area contributed by atoms with Crippen molar-refractivity contribution in [1.82, 2.24) is 18.6 Å². The van der Waals surface area contributed by atoms with Crippen LogP contribution in [0.15, 0.2) is 76.3 Å². The third-order valence-electron chi connectivity index (χ3n) is 8.31. The molecule has 1 N–H and O–H groups in total. The molecule has 1 saturated carbocycles. The second kappa shape index (κ2) is 10.9. The molecule has 0 spiro atoms. The van der Waals surface area contributed by atoms with Gasteiger partial charge in [0.15, 0.2) is 11.6 Å². The maximum Gasteiger partial charge on any atom is 0.371 e. The summed E-state index contributed by atoms with van der Waals surface area (Å²) in [5, 5.41) is 3.24. The van der Waals surface area contributed by atoms with Crippen molar-refractivity contribution in [1.29, 1.82) is 0 Å². The van der Waals surface area contributed by atoms with Crippen LogP contribution in [0.25, 0.3) is 16.7 Å². The van der Waals surface area contributed by atoms with Gasteiger partial charge in [0.25, 0.3) is 5.56 Å². The third-order valence-corrected chi connectivity index (χ3v) is 8.31. The van der Waals surface area contributed by atoms with Crippen molar-refractivity contribution >= 4 is 28.1 Å². The number of imidazole rings is 1. The number of aromatic nitrogens is 3. The van der Waals surface area contributed by atoms with E-state index in [9.17, 15) is 9.59 Å². The second-order valence-corrected chi connectivity index (χ2v) is 11.3. The Balaban J connectivity index is 1.47. The predicted molar refractivity (Wildman–Crippen MR) is 162 cm³/mol. The van der Waals surface area contributed by atoms with E-state index in [-0.39, 0.29) is 47.2 Å². The molecule has 0 radical (unpaired) electrons. The van der Waals surface area contributed by atoms with Crippen LogP contribution in [0, 0.1) is 11.6 Å². The molecular weight excluding hydrogens is 554 g/mol. The van der Waals surface area contributed by atoms with Crippen LogP contribution < -0.4 is 26.3 Å². The largest absolute Gasteiger partial charge is 0.401 e. The molecule has 2 aromatic heterocycles. The molecule has 3 heterocycles. The SMILES string of the molecule is CN1CCN(c2c(F)c(NCc3ccccc3)c3c(c2F)n2c(=O)n(OCc4ccccc4)c(=O)cc2n3C2CC2)CC1. The van der Waals surface area contributed by atoms with E-state index in [1.165, 1.54) is 10.5 Å². The summed E-state index contributed by atoms with van der Waals surface area (Å²) in [5.41, 5.74) is 0.450. The van der Waals surface area contributed by atoms with Gasteiger partial charge in [0.05, 0.1) is 11.2 Å². The first-order chi connectivity index (χ1) is 20.9. The summed E-state index contributed by atoms with van der Waals surface area (Å²) in [7, 11) is 1.97. The van der Waals surface area contributed by atoms with Gasteiger partial charge in [-0.25, -0.2) is 18.0 Å². The Labute approximate surface area is 246 Å². The fourth-order valence-electron chi connectivity index (χ4n) is 5.90. The average molecular weight is 587 g/mol. The van der Waals surface area contributed by atoms with E-state index in [4.69, 9.17) is 4.84 Å². The topological polar surface area (TPSA) is 76.2 Å². The lowest BCUT2D eigenvalue weighted by Crippen LogP contribution is -2.45. The highest BCUT2D eigenvalue weighted by molar-refractivity contribution is 5.97. The van der Waals surface area contributed by atoms with Gasteiger partial charge in [-0.3, -0.25) is 4.79 Å². The molecule has 0 atom stereocenters. The Morgan fingerprint density at radius 3 is 2.16 bits per heavy atom. The fourth-order valence-corrected chi connectivity index (χ4v) is 5.90. The Hall–Kier alpha value is -4.64. The Kier molecular flexibility index (Phi) is 6.89. The van der Waals surface area contributed by atoms with Gasteiger partial charge in [0, 0.05) is 44.8 Å². The normalized spacial score (nSPS) is 15.8. The van der Waals surface area contributed by atoms with Gasteiger partial charge in [0.2, 0.25) is 0 Å². The van der Waals surface area contributed by atoms with E-state index < -0.39 is 22.9 Å². The standard InChI is InChI=1S/C32H32F2N6O3/c1-36-14-16-37(17-15-36)29-26(33)28(35-19-21-8-4-2-5-9-21)31-30(27(29)34)39-24(38(31)23-12-13-23)18-25(41)40(32(39)42)43-20-22-10-6-3-7-11-22/h2-11,18,23,35H,12-17,19-20H2,1H3. The zero-order chi connectivity index (χ0) is 29.7. The number of hydrogen-bond acceptors (Lipinski definition) is 6. The fraction of sp³-hybridized carbons (Fsp3) is 0.312. The van der Waals surface area contributed by atoms with Gasteiger partial charge >= 0.3 is 5.69 Å². The van der Waals surface area contributed by atoms with Crippen molar-refractivity contribution in [3.63, 3.8) is 0 Å². The molecule has 9 nitrogen and oxygen atoms in total. The van der Waals surface area contributed by atoms with Crippen LogP contribution >= 0.6 is 0 Å². The molecule has 5 aromatic rings. The molecule has 222 valence electrons. The summed E-state index contributed by atoms with van der Waals surface area (Å²) in [6.45, 7) is 2.39. The lowest BCUT2D eigenvalue weighted by molar-refractivity contribution is 0.0785. The number of nitrogens with zero attached hydrogens (tertiary/aromatic N) is 5. The molecule has 11 heteroatoms. The first kappa shape index (κ1) is 27.2. The van der Waals surface area contributed by atoms with Gasteiger partial charge in [0.1, 0.15) is 23.5 Å². The monoisotopic (exact) mass is 586 g/mol. The summed E-state index contributed by atoms with van der Waals surface area (Å²) >= 11 is 0. The van der Waals surface area contributed by atoms with Crippen molar-refractivity contribution < 1.29 is 13.6 Å². The van der Waals surface area contributed by atoms with Gasteiger partial charge in [-0.2, -0.15) is 0 Å². The predicted octanol–water partition coefficient (Wildman–Crippen LogP) is 4.02. The van der Waals surface area contributed by atoms with Crippen LogP contribution in [-0.4, -0.2) is 51.8 Å². The molecule has 0 amide bonds. The maximum absolute atomic E-state index is 16.8. The smallest absolute Gasteiger partial charge is 0.371 e. The highest BCUT2D eigenvalue weighted by Gasteiger charge is 2.35. The number of halogens is 2. The zero-order valence-corrected chi connectivity index (χ0v) is 23.8. The van der Waals surface area contributed by atoms with E-state index in [1.807, 2.05) is 67.7 Å². The summed E-state index contributed by atoms with van der Waals surface area (Å²) in [4.78, 5) is 36.7. The zero-order valence-electron chi connectivity index (χ0n) is 23.8. The number of likely N-dealkylation sites (N-methyl/N-ethyl adjacent to an activating group) is 1. The number of piperazine rings is 1. The number of rotatable bonds is 8. The average Bonchev–Trinajstić information content (AvgIpc) is 3.80. The van der Waals surface area contributed by atoms with E-state index in [0.29, 0.717) is 30.9 Å². The minimum absolute atomic E-state index is 0.0309. The minimum Gasteiger partial charge on any atom is -0.401 e. The number of fused-ring (bicyclic) bond motifs is 3. The molecule has 43 heavy (non-hydrogen) atoms. The van der Waals surface area contributed by atoms with Crippen LogP contribution in [0.4, 0.5) is 20.2 Å². The van der Waals surface area contributed by atoms with Gasteiger partial charge < -0.3 is 24.5 Å². The van der Waals surface area contributed by atoms with Crippen LogP contribution in [0.1, 0.15) is 30.0 Å². The summed E-state index contributed by atoms with van der Waals surface area (Å²) < 4.78 is 37.0. The van der Waals surface area contributed by atoms with E-state index in [1.54, 1.807) is 9.47 Å². The molecular formula is C32H32F2N6O3. The van der Waals surface area contributed by atoms with Crippen molar-refractivity contribution in [3.8, 4) is 0 Å². The number of anilines is 2. The Bertz CT molecular complexity index is 1920. The van der Waals surface area contributed by atoms with Crippen LogP contribution in [0.3, 0.4) is 0 Å². The molecule has 1 aliphatic heterocycles. The lowest BCUT2D eigenvalue weighted by atomic mass is 10.1. The van der Waals surface area contributed by atoms with E-state index in [2.05, 4.69) is 10.2 Å². The van der Waals surface area contributed by atoms with Gasteiger partial charge in [-0.05, 0) is 31.0 Å². The quantitative estimate of drug-likeness (QED) is 0.296. The molecule has 3 aromatic carbocycles. The number of nitrogens with one attached hydrogen (secondary N) is 1. The van der Waals surface area contributed by atoms with E-state index >= 15 is 8.78 Å². The van der Waals surface area contributed by atoms with Crippen LogP contribution in [0.2, 0.25) is 0 Å². The van der Waals surface area contributed by atoms with Crippen LogP contribution in [-0.2, 0) is 13.2 Å². The minimum atomic E-state index is -0.841. The highest BCUT2D eigenvalue weighted by Crippen LogP contribution is 2.45. The van der Waals surface area contributed by atoms with Gasteiger partial charge in [-0.15, -0.1) is 0 Å². The second-order valence-electron chi connectivity index (χ2n) is 11.3. The maximum atomic E-state index is 16.8. The molecule has 1 saturated heterocycles. The third kappa shape index (κ3) is 4.83. The summed E-state index contributed by atoms with van der Waals surface area (Å²) in [6.07, 6.45) is 1.53. The number of hydrogen-bond donors (Lipinski definition) is 1. The molecule has 0 bridgehead atoms. The molecule has 2 fully saturated rings. The highest BCUT2D eigenvalue weighted by atomic mass is 19.1. The first-order valence-corrected chi connectivity index (χ1v) is 14.5. The first-order valence-electron chi connectivity index (χ1n) is 14.5. The Morgan fingerprint density at radius 2 is 1.51 bits per heavy atom. The van der Waals surface area contributed by atoms with E-state index in [0.717, 1.165) is 24.0 Å².